The van der Waals surface area contributed by atoms with Crippen LogP contribution in [0.4, 0.5) is 0 Å². The maximum absolute atomic E-state index is 12.3. The lowest BCUT2D eigenvalue weighted by Crippen LogP contribution is -2.30. The van der Waals surface area contributed by atoms with Crippen LogP contribution in [0.15, 0.2) is 11.8 Å². The normalized spacial score (nSPS) is 30.4. The molecule has 3 aliphatic carbocycles. The maximum atomic E-state index is 12.3. The first-order valence-corrected chi connectivity index (χ1v) is 14.2. The molecule has 33 heavy (non-hydrogen) atoms. The van der Waals surface area contributed by atoms with Crippen molar-refractivity contribution in [3.63, 3.8) is 0 Å². The van der Waals surface area contributed by atoms with Crippen LogP contribution in [-0.4, -0.2) is 22.0 Å². The second kappa shape index (κ2) is 14.2. The van der Waals surface area contributed by atoms with Crippen LogP contribution in [0.2, 0.25) is 0 Å². The molecule has 0 aromatic rings. The van der Waals surface area contributed by atoms with Crippen molar-refractivity contribution in [3.8, 4) is 0 Å². The molecule has 188 valence electrons. The van der Waals surface area contributed by atoms with Crippen LogP contribution in [0.1, 0.15) is 128 Å². The van der Waals surface area contributed by atoms with Gasteiger partial charge >= 0.3 is 5.97 Å². The molecule has 0 aromatic carbocycles. The van der Waals surface area contributed by atoms with E-state index in [1.54, 1.807) is 0 Å². The summed E-state index contributed by atoms with van der Waals surface area (Å²) in [7, 11) is 0. The molecular formula is C29H48O4. The van der Waals surface area contributed by atoms with E-state index in [1.807, 2.05) is 6.08 Å². The van der Waals surface area contributed by atoms with Crippen molar-refractivity contribution in [2.24, 2.45) is 29.6 Å². The lowest BCUT2D eigenvalue weighted by molar-refractivity contribution is -0.137. The van der Waals surface area contributed by atoms with Crippen LogP contribution < -0.4 is 0 Å². The largest absolute Gasteiger partial charge is 0.512 e. The fourth-order valence-corrected chi connectivity index (χ4v) is 7.18. The van der Waals surface area contributed by atoms with Gasteiger partial charge in [0.2, 0.25) is 0 Å². The number of aliphatic hydroxyl groups excluding tert-OH is 1. The number of hydrogen-bond acceptors (Lipinski definition) is 3. The minimum absolute atomic E-state index is 0.0157. The molecule has 0 saturated heterocycles. The Kier molecular flexibility index (Phi) is 11.3. The van der Waals surface area contributed by atoms with E-state index < -0.39 is 5.97 Å². The zero-order valence-corrected chi connectivity index (χ0v) is 20.8. The summed E-state index contributed by atoms with van der Waals surface area (Å²) < 4.78 is 0. The molecule has 3 aliphatic rings. The predicted molar refractivity (Wildman–Crippen MR) is 133 cm³/mol. The summed E-state index contributed by atoms with van der Waals surface area (Å²) in [4.78, 5) is 22.9. The molecule has 0 radical (unpaired) electrons. The van der Waals surface area contributed by atoms with E-state index in [1.165, 1.54) is 64.2 Å². The van der Waals surface area contributed by atoms with Crippen molar-refractivity contribution in [2.75, 3.05) is 0 Å². The smallest absolute Gasteiger partial charge is 0.303 e. The summed E-state index contributed by atoms with van der Waals surface area (Å²) in [6.45, 7) is 0. The van der Waals surface area contributed by atoms with Gasteiger partial charge in [-0.1, -0.05) is 77.0 Å². The topological polar surface area (TPSA) is 74.6 Å². The van der Waals surface area contributed by atoms with Crippen molar-refractivity contribution in [1.29, 1.82) is 0 Å². The monoisotopic (exact) mass is 460 g/mol. The molecule has 2 N–H and O–H groups in total. The Bertz CT molecular complexity index is 638. The number of carboxylic acids is 1. The van der Waals surface area contributed by atoms with Crippen LogP contribution in [-0.2, 0) is 9.59 Å². The molecule has 5 unspecified atom stereocenters. The van der Waals surface area contributed by atoms with Gasteiger partial charge in [-0.25, -0.2) is 0 Å². The number of Topliss-reactive ketones (excluding diaryl/α,β-unsaturated/α-hetero) is 1. The van der Waals surface area contributed by atoms with Gasteiger partial charge in [-0.3, -0.25) is 9.59 Å². The lowest BCUT2D eigenvalue weighted by atomic mass is 9.64. The van der Waals surface area contributed by atoms with Gasteiger partial charge in [-0.2, -0.15) is 0 Å². The summed E-state index contributed by atoms with van der Waals surface area (Å²) in [5.41, 5.74) is 0. The van der Waals surface area contributed by atoms with E-state index in [9.17, 15) is 14.7 Å². The molecular weight excluding hydrogens is 412 g/mol. The Labute approximate surface area is 201 Å². The highest BCUT2D eigenvalue weighted by Gasteiger charge is 2.36. The number of carbonyl (C=O) groups is 2. The fraction of sp³-hybridized carbons (Fsp3) is 0.862. The number of rotatable bonds is 14. The van der Waals surface area contributed by atoms with Crippen LogP contribution in [0, 0.1) is 29.6 Å². The second-order valence-electron chi connectivity index (χ2n) is 11.2. The number of aliphatic hydroxyl groups is 1. The molecule has 0 amide bonds. The molecule has 4 nitrogen and oxygen atoms in total. The number of carbonyl (C=O) groups excluding carboxylic acids is 1. The van der Waals surface area contributed by atoms with E-state index in [2.05, 4.69) is 0 Å². The Morgan fingerprint density at radius 2 is 1.55 bits per heavy atom. The number of fused-ring (bicyclic) bond motifs is 1. The van der Waals surface area contributed by atoms with Crippen LogP contribution in [0.25, 0.3) is 0 Å². The highest BCUT2D eigenvalue weighted by atomic mass is 16.4. The molecule has 3 rings (SSSR count). The first-order valence-electron chi connectivity index (χ1n) is 14.2. The van der Waals surface area contributed by atoms with E-state index in [0.29, 0.717) is 24.4 Å². The standard InChI is InChI=1S/C29H48O4/c30-27(26-20-21-28(31)25(26)17-6-2-4-8-19-29(32)33)18-7-3-1-5-12-22-14-11-15-23-13-9-10-16-24(22)23/h18,22-26,30H,1-17,19-21H2,(H,32,33)/b27-18+. The number of aliphatic carboxylic acids is 1. The molecule has 0 heterocycles. The minimum atomic E-state index is -0.733. The van der Waals surface area contributed by atoms with E-state index in [-0.39, 0.29) is 18.3 Å². The number of allylic oxidation sites excluding steroid dienone is 2. The van der Waals surface area contributed by atoms with Crippen LogP contribution >= 0.6 is 0 Å². The van der Waals surface area contributed by atoms with Gasteiger partial charge in [-0.05, 0) is 62.4 Å². The van der Waals surface area contributed by atoms with Gasteiger partial charge in [-0.15, -0.1) is 0 Å². The van der Waals surface area contributed by atoms with E-state index in [0.717, 1.165) is 62.7 Å². The number of hydrogen-bond donors (Lipinski definition) is 2. The molecule has 0 spiro atoms. The quantitative estimate of drug-likeness (QED) is 0.203. The third kappa shape index (κ3) is 8.44. The molecule has 3 saturated carbocycles. The number of carboxylic acid groups (broad SMARTS) is 1. The van der Waals surface area contributed by atoms with E-state index >= 15 is 0 Å². The van der Waals surface area contributed by atoms with Gasteiger partial charge in [0.1, 0.15) is 5.78 Å². The van der Waals surface area contributed by atoms with Crippen molar-refractivity contribution in [1.82, 2.24) is 0 Å². The summed E-state index contributed by atoms with van der Waals surface area (Å²) >= 11 is 0. The number of unbranched alkanes of at least 4 members (excludes halogenated alkanes) is 6. The Balaban J connectivity index is 1.30. The summed E-state index contributed by atoms with van der Waals surface area (Å²) in [6, 6.07) is 0. The highest BCUT2D eigenvalue weighted by Crippen LogP contribution is 2.45. The summed E-state index contributed by atoms with van der Waals surface area (Å²) in [5, 5.41) is 19.4. The Morgan fingerprint density at radius 3 is 2.39 bits per heavy atom. The Morgan fingerprint density at radius 1 is 0.818 bits per heavy atom. The number of ketones is 1. The van der Waals surface area contributed by atoms with E-state index in [4.69, 9.17) is 5.11 Å². The van der Waals surface area contributed by atoms with Gasteiger partial charge in [0.05, 0.1) is 5.76 Å². The second-order valence-corrected chi connectivity index (χ2v) is 11.2. The van der Waals surface area contributed by atoms with Crippen molar-refractivity contribution >= 4 is 11.8 Å². The third-order valence-electron chi connectivity index (χ3n) is 8.99. The van der Waals surface area contributed by atoms with Crippen molar-refractivity contribution in [2.45, 2.75) is 128 Å². The predicted octanol–water partition coefficient (Wildman–Crippen LogP) is 8.01. The zero-order chi connectivity index (χ0) is 23.5. The van der Waals surface area contributed by atoms with Crippen molar-refractivity contribution < 1.29 is 19.8 Å². The molecule has 5 atom stereocenters. The van der Waals surface area contributed by atoms with Crippen LogP contribution in [0.3, 0.4) is 0 Å². The molecule has 0 aliphatic heterocycles. The molecule has 0 aromatic heterocycles. The Hall–Kier alpha value is -1.32. The first-order chi connectivity index (χ1) is 16.1. The lowest BCUT2D eigenvalue weighted by Gasteiger charge is -2.41. The van der Waals surface area contributed by atoms with Gasteiger partial charge in [0, 0.05) is 24.7 Å². The first kappa shape index (κ1) is 26.3. The molecule has 4 heteroatoms. The average molecular weight is 461 g/mol. The third-order valence-corrected chi connectivity index (χ3v) is 8.99. The average Bonchev–Trinajstić information content (AvgIpc) is 3.18. The van der Waals surface area contributed by atoms with Gasteiger partial charge < -0.3 is 10.2 Å². The van der Waals surface area contributed by atoms with Crippen LogP contribution in [0.5, 0.6) is 0 Å². The molecule has 3 fully saturated rings. The van der Waals surface area contributed by atoms with Gasteiger partial charge in [0.15, 0.2) is 0 Å². The van der Waals surface area contributed by atoms with Gasteiger partial charge in [0.25, 0.3) is 0 Å². The SMILES string of the molecule is O=C(O)CCCCCCC1C(=O)CCC1/C(O)=C\CCCCCC1CCCC2CCCCC12. The van der Waals surface area contributed by atoms with Crippen molar-refractivity contribution in [3.05, 3.63) is 11.8 Å². The maximum Gasteiger partial charge on any atom is 0.303 e. The minimum Gasteiger partial charge on any atom is -0.512 e. The summed E-state index contributed by atoms with van der Waals surface area (Å²) in [6.07, 6.45) is 24.3. The zero-order valence-electron chi connectivity index (χ0n) is 20.8. The molecule has 0 bridgehead atoms. The summed E-state index contributed by atoms with van der Waals surface area (Å²) in [5.74, 6) is 3.03. The highest BCUT2D eigenvalue weighted by molar-refractivity contribution is 5.83. The fourth-order valence-electron chi connectivity index (χ4n) is 7.18.